The highest BCUT2D eigenvalue weighted by Gasteiger charge is 2.35. The van der Waals surface area contributed by atoms with Crippen LogP contribution in [0.3, 0.4) is 0 Å². The standard InChI is InChI=1S/C41H46F3N9O5/c1-40(2,58)27-21-29-25(20-30(27)46-37(55)28-6-4-9-34(45-28)41(42,43)44)23-52(48-29)26-12-10-24(11-13-26)22-50-16-18-51(19-17-50)31-7-5-8-32-36(31)49(3)39(57)53(32)33-14-15-35(54)47-38(33)56/h4-9,20-21,23-24,26,33,58H,10-19,22H2,1-3H3,(H,46,55)(H,47,54,56)/t24-,26-,33?. The fourth-order valence-corrected chi connectivity index (χ4v) is 8.82. The number of pyridine rings is 1. The SMILES string of the molecule is Cn1c(=O)n(C2CCC(=O)NC2=O)c2cccc(N3CCN(C[C@H]4CC[C@H](n5cc6cc(NC(=O)c7cccc(C(F)(F)F)n7)c(C(C)(C)O)cc6n5)CC4)CC3)c21. The van der Waals surface area contributed by atoms with Gasteiger partial charge in [0, 0.05) is 69.0 Å². The van der Waals surface area contributed by atoms with Gasteiger partial charge >= 0.3 is 11.9 Å². The Bertz CT molecular complexity index is 2470. The van der Waals surface area contributed by atoms with Crippen molar-refractivity contribution in [3.05, 3.63) is 82.2 Å². The molecule has 17 heteroatoms. The summed E-state index contributed by atoms with van der Waals surface area (Å²) in [5.74, 6) is -1.08. The molecule has 8 rings (SSSR count). The number of rotatable bonds is 8. The van der Waals surface area contributed by atoms with Crippen LogP contribution in [0.15, 0.2) is 59.5 Å². The molecule has 0 bridgehead atoms. The van der Waals surface area contributed by atoms with Crippen molar-refractivity contribution in [2.75, 3.05) is 42.9 Å². The second-order valence-electron chi connectivity index (χ2n) is 16.3. The minimum absolute atomic E-state index is 0.165. The maximum Gasteiger partial charge on any atom is 0.433 e. The Morgan fingerprint density at radius 1 is 0.966 bits per heavy atom. The van der Waals surface area contributed by atoms with Crippen LogP contribution < -0.4 is 21.2 Å². The molecule has 2 saturated heterocycles. The van der Waals surface area contributed by atoms with Crippen molar-refractivity contribution in [3.8, 4) is 0 Å². The number of halogens is 3. The molecule has 3 N–H and O–H groups in total. The van der Waals surface area contributed by atoms with E-state index >= 15 is 0 Å². The number of aromatic nitrogens is 5. The molecule has 3 aliphatic rings. The van der Waals surface area contributed by atoms with Crippen molar-refractivity contribution in [3.63, 3.8) is 0 Å². The number of anilines is 2. The Balaban J connectivity index is 0.897. The first-order valence-corrected chi connectivity index (χ1v) is 19.7. The number of piperazine rings is 1. The van der Waals surface area contributed by atoms with Crippen molar-refractivity contribution >= 4 is 51.0 Å². The van der Waals surface area contributed by atoms with Crippen LogP contribution in [-0.4, -0.2) is 84.4 Å². The number of imide groups is 1. The first-order chi connectivity index (χ1) is 27.5. The van der Waals surface area contributed by atoms with Crippen LogP contribution in [-0.2, 0) is 28.4 Å². The fraction of sp³-hybridized carbons (Fsp3) is 0.463. The first kappa shape index (κ1) is 39.3. The zero-order valence-electron chi connectivity index (χ0n) is 32.6. The summed E-state index contributed by atoms with van der Waals surface area (Å²) in [6.07, 6.45) is 1.61. The van der Waals surface area contributed by atoms with Crippen molar-refractivity contribution in [1.82, 2.24) is 34.1 Å². The summed E-state index contributed by atoms with van der Waals surface area (Å²) in [4.78, 5) is 59.3. The van der Waals surface area contributed by atoms with Gasteiger partial charge in [0.05, 0.1) is 33.9 Å². The lowest BCUT2D eigenvalue weighted by atomic mass is 9.85. The van der Waals surface area contributed by atoms with Crippen molar-refractivity contribution < 1.29 is 32.7 Å². The number of aryl methyl sites for hydroxylation is 1. The summed E-state index contributed by atoms with van der Waals surface area (Å²) >= 11 is 0. The second-order valence-corrected chi connectivity index (χ2v) is 16.3. The number of carbonyl (C=O) groups is 3. The number of piperidine rings is 1. The van der Waals surface area contributed by atoms with Crippen LogP contribution >= 0.6 is 0 Å². The molecule has 1 aliphatic carbocycles. The van der Waals surface area contributed by atoms with Gasteiger partial charge in [0.2, 0.25) is 11.8 Å². The van der Waals surface area contributed by atoms with Gasteiger partial charge in [-0.3, -0.25) is 38.4 Å². The van der Waals surface area contributed by atoms with Crippen LogP contribution in [0.5, 0.6) is 0 Å². The van der Waals surface area contributed by atoms with E-state index < -0.39 is 41.0 Å². The van der Waals surface area contributed by atoms with Gasteiger partial charge in [-0.05, 0) is 88.3 Å². The molecule has 3 aromatic heterocycles. The molecule has 5 heterocycles. The normalized spacial score (nSPS) is 21.2. The van der Waals surface area contributed by atoms with Crippen LogP contribution in [0.2, 0.25) is 0 Å². The molecule has 5 aromatic rings. The van der Waals surface area contributed by atoms with Gasteiger partial charge in [-0.1, -0.05) is 12.1 Å². The molecule has 58 heavy (non-hydrogen) atoms. The minimum Gasteiger partial charge on any atom is -0.386 e. The number of amides is 3. The quantitative estimate of drug-likeness (QED) is 0.181. The Hall–Kier alpha value is -5.55. The molecule has 1 unspecified atom stereocenters. The number of para-hydroxylation sites is 1. The van der Waals surface area contributed by atoms with Gasteiger partial charge in [0.25, 0.3) is 5.91 Å². The molecule has 2 aromatic carbocycles. The Morgan fingerprint density at radius 3 is 2.38 bits per heavy atom. The summed E-state index contributed by atoms with van der Waals surface area (Å²) in [6, 6.07) is 11.8. The second kappa shape index (κ2) is 15.0. The third kappa shape index (κ3) is 7.59. The van der Waals surface area contributed by atoms with E-state index in [1.165, 1.54) is 10.6 Å². The predicted molar refractivity (Wildman–Crippen MR) is 210 cm³/mol. The van der Waals surface area contributed by atoms with Gasteiger partial charge < -0.3 is 15.3 Å². The van der Waals surface area contributed by atoms with Gasteiger partial charge in [-0.2, -0.15) is 18.3 Å². The number of hydrogen-bond donors (Lipinski definition) is 3. The van der Waals surface area contributed by atoms with Crippen LogP contribution in [0.1, 0.15) is 86.2 Å². The zero-order valence-corrected chi connectivity index (χ0v) is 32.6. The number of imidazole rings is 1. The Labute approximate surface area is 331 Å². The summed E-state index contributed by atoms with van der Waals surface area (Å²) in [5.41, 5.74) is 0.453. The summed E-state index contributed by atoms with van der Waals surface area (Å²) in [5, 5.41) is 21.6. The van der Waals surface area contributed by atoms with E-state index in [1.54, 1.807) is 37.6 Å². The number of benzene rings is 2. The van der Waals surface area contributed by atoms with Crippen molar-refractivity contribution in [2.45, 2.75) is 76.2 Å². The number of hydrogen-bond acceptors (Lipinski definition) is 9. The maximum atomic E-state index is 13.4. The summed E-state index contributed by atoms with van der Waals surface area (Å²) in [6.45, 7) is 7.43. The van der Waals surface area contributed by atoms with E-state index in [1.807, 2.05) is 29.1 Å². The zero-order chi connectivity index (χ0) is 41.1. The molecular formula is C41H46F3N9O5. The molecule has 14 nitrogen and oxygen atoms in total. The van der Waals surface area contributed by atoms with E-state index in [0.29, 0.717) is 22.5 Å². The van der Waals surface area contributed by atoms with Gasteiger partial charge in [0.1, 0.15) is 17.4 Å². The lowest BCUT2D eigenvalue weighted by molar-refractivity contribution is -0.141. The van der Waals surface area contributed by atoms with E-state index in [0.717, 1.165) is 87.1 Å². The molecule has 1 atom stereocenters. The topological polar surface area (TPSA) is 160 Å². The van der Waals surface area contributed by atoms with E-state index in [4.69, 9.17) is 5.10 Å². The highest BCUT2D eigenvalue weighted by Crippen LogP contribution is 2.37. The number of nitrogens with one attached hydrogen (secondary N) is 2. The number of nitrogens with zero attached hydrogens (tertiary/aromatic N) is 7. The first-order valence-electron chi connectivity index (χ1n) is 19.7. The van der Waals surface area contributed by atoms with Crippen LogP contribution in [0.4, 0.5) is 24.5 Å². The minimum atomic E-state index is -4.70. The monoisotopic (exact) mass is 801 g/mol. The maximum absolute atomic E-state index is 13.4. The smallest absolute Gasteiger partial charge is 0.386 e. The third-order valence-electron chi connectivity index (χ3n) is 11.9. The Morgan fingerprint density at radius 2 is 1.69 bits per heavy atom. The molecule has 0 radical (unpaired) electrons. The van der Waals surface area contributed by atoms with E-state index in [-0.39, 0.29) is 36.2 Å². The molecule has 2 aliphatic heterocycles. The van der Waals surface area contributed by atoms with E-state index in [9.17, 15) is 37.5 Å². The number of alkyl halides is 3. The number of aliphatic hydroxyl groups is 1. The van der Waals surface area contributed by atoms with Crippen LogP contribution in [0.25, 0.3) is 21.9 Å². The average Bonchev–Trinajstić information content (AvgIpc) is 3.72. The summed E-state index contributed by atoms with van der Waals surface area (Å²) in [7, 11) is 1.73. The lowest BCUT2D eigenvalue weighted by Crippen LogP contribution is -2.48. The number of fused-ring (bicyclic) bond motifs is 2. The predicted octanol–water partition coefficient (Wildman–Crippen LogP) is 5.11. The van der Waals surface area contributed by atoms with E-state index in [2.05, 4.69) is 25.4 Å². The van der Waals surface area contributed by atoms with Crippen molar-refractivity contribution in [1.29, 1.82) is 0 Å². The molecule has 306 valence electrons. The largest absolute Gasteiger partial charge is 0.433 e. The average molecular weight is 802 g/mol. The molecular weight excluding hydrogens is 756 g/mol. The summed E-state index contributed by atoms with van der Waals surface area (Å²) < 4.78 is 44.9. The van der Waals surface area contributed by atoms with Gasteiger partial charge in [-0.25, -0.2) is 9.78 Å². The van der Waals surface area contributed by atoms with Gasteiger partial charge in [0.15, 0.2) is 0 Å². The van der Waals surface area contributed by atoms with Crippen LogP contribution in [0, 0.1) is 5.92 Å². The van der Waals surface area contributed by atoms with Gasteiger partial charge in [-0.15, -0.1) is 0 Å². The number of carbonyl (C=O) groups excluding carboxylic acids is 3. The highest BCUT2D eigenvalue weighted by atomic mass is 19.4. The molecule has 3 amide bonds. The highest BCUT2D eigenvalue weighted by molar-refractivity contribution is 6.04. The lowest BCUT2D eigenvalue weighted by Gasteiger charge is -2.39. The fourth-order valence-electron chi connectivity index (χ4n) is 8.82. The third-order valence-corrected chi connectivity index (χ3v) is 11.9. The Kier molecular flexibility index (Phi) is 10.2. The molecule has 3 fully saturated rings. The molecule has 1 saturated carbocycles. The molecule has 0 spiro atoms. The van der Waals surface area contributed by atoms with Crippen molar-refractivity contribution in [2.24, 2.45) is 13.0 Å².